The first-order valence-electron chi connectivity index (χ1n) is 8.34. The summed E-state index contributed by atoms with van der Waals surface area (Å²) in [5.41, 5.74) is 5.22. The van der Waals surface area contributed by atoms with Crippen LogP contribution in [-0.2, 0) is 4.74 Å². The molecule has 0 aliphatic carbocycles. The molecule has 1 saturated heterocycles. The predicted octanol–water partition coefficient (Wildman–Crippen LogP) is 4.58. The highest BCUT2D eigenvalue weighted by Crippen LogP contribution is 2.31. The molecule has 3 heterocycles. The fraction of sp³-hybridized carbons (Fsp3) is 0.316. The van der Waals surface area contributed by atoms with Gasteiger partial charge in [0.1, 0.15) is 11.7 Å². The molecule has 1 aromatic carbocycles. The van der Waals surface area contributed by atoms with Crippen LogP contribution in [0, 0.1) is 21.8 Å². The van der Waals surface area contributed by atoms with Crippen LogP contribution in [0.15, 0.2) is 30.6 Å². The van der Waals surface area contributed by atoms with Crippen molar-refractivity contribution in [1.29, 1.82) is 5.26 Å². The number of fused-ring (bicyclic) bond motifs is 1. The second kappa shape index (κ2) is 6.73. The molecular formula is C19H17IN4O. The monoisotopic (exact) mass is 444 g/mol. The van der Waals surface area contributed by atoms with Crippen molar-refractivity contribution in [2.75, 3.05) is 6.61 Å². The number of nitriles is 1. The molecule has 4 rings (SSSR count). The molecule has 0 saturated carbocycles. The average Bonchev–Trinajstić information content (AvgIpc) is 3.07. The van der Waals surface area contributed by atoms with Gasteiger partial charge >= 0.3 is 0 Å². The van der Waals surface area contributed by atoms with Crippen molar-refractivity contribution in [3.63, 3.8) is 0 Å². The summed E-state index contributed by atoms with van der Waals surface area (Å²) in [5.74, 6) is 0. The van der Waals surface area contributed by atoms with Gasteiger partial charge in [-0.15, -0.1) is 0 Å². The van der Waals surface area contributed by atoms with Gasteiger partial charge in [0, 0.05) is 15.7 Å². The van der Waals surface area contributed by atoms with Crippen LogP contribution >= 0.6 is 22.6 Å². The van der Waals surface area contributed by atoms with Gasteiger partial charge in [0.15, 0.2) is 5.65 Å². The fourth-order valence-corrected chi connectivity index (χ4v) is 3.97. The van der Waals surface area contributed by atoms with E-state index in [9.17, 15) is 5.26 Å². The fourth-order valence-electron chi connectivity index (χ4n) is 3.29. The Hall–Kier alpha value is -1.98. The number of imidazole rings is 1. The van der Waals surface area contributed by atoms with Crippen molar-refractivity contribution in [1.82, 2.24) is 14.5 Å². The molecule has 0 bridgehead atoms. The quantitative estimate of drug-likeness (QED) is 0.543. The van der Waals surface area contributed by atoms with Gasteiger partial charge < -0.3 is 4.74 Å². The number of halogens is 1. The topological polar surface area (TPSA) is 63.7 Å². The molecule has 3 aromatic rings. The largest absolute Gasteiger partial charge is 0.358 e. The molecular weight excluding hydrogens is 427 g/mol. The molecule has 1 fully saturated rings. The highest BCUT2D eigenvalue weighted by atomic mass is 127. The molecule has 1 aliphatic rings. The van der Waals surface area contributed by atoms with E-state index in [0.29, 0.717) is 5.56 Å². The number of ether oxygens (including phenoxy) is 1. The van der Waals surface area contributed by atoms with Crippen LogP contribution in [0.1, 0.15) is 36.6 Å². The maximum absolute atomic E-state index is 9.29. The minimum Gasteiger partial charge on any atom is -0.358 e. The standard InChI is InChI=1S/C19H17IN4O/c1-12-13(10-21)5-4-6-14(12)16-9-15(20)18-19(23-16)24(11-22-18)17-7-2-3-8-25-17/h4-6,9,11,17H,2-3,7-8H2,1H3. The third-order valence-electron chi connectivity index (χ3n) is 4.68. The van der Waals surface area contributed by atoms with E-state index in [1.165, 1.54) is 0 Å². The summed E-state index contributed by atoms with van der Waals surface area (Å²) in [5, 5.41) is 9.29. The molecule has 0 N–H and O–H groups in total. The van der Waals surface area contributed by atoms with Crippen molar-refractivity contribution < 1.29 is 4.74 Å². The lowest BCUT2D eigenvalue weighted by Crippen LogP contribution is -2.17. The van der Waals surface area contributed by atoms with Gasteiger partial charge in [-0.05, 0) is 66.5 Å². The molecule has 2 aromatic heterocycles. The van der Waals surface area contributed by atoms with E-state index in [2.05, 4.69) is 33.6 Å². The summed E-state index contributed by atoms with van der Waals surface area (Å²) in [4.78, 5) is 9.43. The number of aromatic nitrogens is 3. The molecule has 0 spiro atoms. The van der Waals surface area contributed by atoms with E-state index < -0.39 is 0 Å². The van der Waals surface area contributed by atoms with Gasteiger partial charge in [-0.25, -0.2) is 9.97 Å². The molecule has 1 aliphatic heterocycles. The van der Waals surface area contributed by atoms with Gasteiger partial charge in [-0.1, -0.05) is 12.1 Å². The molecule has 6 heteroatoms. The van der Waals surface area contributed by atoms with Crippen molar-refractivity contribution in [3.8, 4) is 17.3 Å². The van der Waals surface area contributed by atoms with Crippen LogP contribution in [0.4, 0.5) is 0 Å². The Balaban J connectivity index is 1.88. The lowest BCUT2D eigenvalue weighted by molar-refractivity contribution is -0.0298. The Kier molecular flexibility index (Phi) is 4.44. The Morgan fingerprint density at radius 1 is 1.36 bits per heavy atom. The van der Waals surface area contributed by atoms with Gasteiger partial charge in [0.05, 0.1) is 23.7 Å². The first-order chi connectivity index (χ1) is 12.2. The number of rotatable bonds is 2. The Morgan fingerprint density at radius 3 is 3.00 bits per heavy atom. The van der Waals surface area contributed by atoms with Crippen LogP contribution < -0.4 is 0 Å². The molecule has 0 amide bonds. The Morgan fingerprint density at radius 2 is 2.24 bits per heavy atom. The van der Waals surface area contributed by atoms with E-state index in [-0.39, 0.29) is 6.23 Å². The zero-order valence-electron chi connectivity index (χ0n) is 13.9. The molecule has 0 radical (unpaired) electrons. The molecule has 25 heavy (non-hydrogen) atoms. The number of pyridine rings is 1. The maximum atomic E-state index is 9.29. The van der Waals surface area contributed by atoms with Gasteiger partial charge in [-0.2, -0.15) is 5.26 Å². The highest BCUT2D eigenvalue weighted by Gasteiger charge is 2.20. The first-order valence-corrected chi connectivity index (χ1v) is 9.41. The van der Waals surface area contributed by atoms with Crippen LogP contribution in [0.2, 0.25) is 0 Å². The van der Waals surface area contributed by atoms with Crippen molar-refractivity contribution in [2.45, 2.75) is 32.4 Å². The van der Waals surface area contributed by atoms with Gasteiger partial charge in [0.2, 0.25) is 0 Å². The normalized spacial score (nSPS) is 17.6. The molecule has 126 valence electrons. The average molecular weight is 444 g/mol. The third-order valence-corrected chi connectivity index (χ3v) is 5.50. The van der Waals surface area contributed by atoms with E-state index in [4.69, 9.17) is 9.72 Å². The number of benzene rings is 1. The van der Waals surface area contributed by atoms with Crippen molar-refractivity contribution in [2.24, 2.45) is 0 Å². The lowest BCUT2D eigenvalue weighted by Gasteiger charge is -2.24. The maximum Gasteiger partial charge on any atom is 0.163 e. The first kappa shape index (κ1) is 16.5. The molecule has 5 nitrogen and oxygen atoms in total. The second-order valence-electron chi connectivity index (χ2n) is 6.22. The van der Waals surface area contributed by atoms with Crippen molar-refractivity contribution >= 4 is 33.8 Å². The van der Waals surface area contributed by atoms with E-state index in [1.807, 2.05) is 42.1 Å². The van der Waals surface area contributed by atoms with Crippen LogP contribution in [0.5, 0.6) is 0 Å². The summed E-state index contributed by atoms with van der Waals surface area (Å²) in [7, 11) is 0. The van der Waals surface area contributed by atoms with Gasteiger partial charge in [-0.3, -0.25) is 4.57 Å². The summed E-state index contributed by atoms with van der Waals surface area (Å²) < 4.78 is 9.01. The Labute approximate surface area is 159 Å². The lowest BCUT2D eigenvalue weighted by atomic mass is 10.0. The SMILES string of the molecule is Cc1c(C#N)cccc1-c1cc(I)c2ncn(C3CCCCO3)c2n1. The summed E-state index contributed by atoms with van der Waals surface area (Å²) >= 11 is 2.30. The second-order valence-corrected chi connectivity index (χ2v) is 7.39. The predicted molar refractivity (Wildman–Crippen MR) is 104 cm³/mol. The van der Waals surface area contributed by atoms with Crippen molar-refractivity contribution in [3.05, 3.63) is 45.3 Å². The zero-order valence-corrected chi connectivity index (χ0v) is 16.0. The van der Waals surface area contributed by atoms with E-state index in [0.717, 1.165) is 57.4 Å². The summed E-state index contributed by atoms with van der Waals surface area (Å²) in [6.45, 7) is 2.75. The van der Waals surface area contributed by atoms with E-state index in [1.54, 1.807) is 0 Å². The summed E-state index contributed by atoms with van der Waals surface area (Å²) in [6.07, 6.45) is 5.09. The van der Waals surface area contributed by atoms with Gasteiger partial charge in [0.25, 0.3) is 0 Å². The number of hydrogen-bond donors (Lipinski definition) is 0. The molecule has 1 unspecified atom stereocenters. The van der Waals surface area contributed by atoms with E-state index >= 15 is 0 Å². The highest BCUT2D eigenvalue weighted by molar-refractivity contribution is 14.1. The minimum atomic E-state index is 0.00356. The summed E-state index contributed by atoms with van der Waals surface area (Å²) in [6, 6.07) is 10.0. The minimum absolute atomic E-state index is 0.00356. The number of hydrogen-bond acceptors (Lipinski definition) is 4. The zero-order chi connectivity index (χ0) is 17.4. The van der Waals surface area contributed by atoms with Crippen LogP contribution in [0.25, 0.3) is 22.4 Å². The molecule has 1 atom stereocenters. The number of nitrogens with zero attached hydrogens (tertiary/aromatic N) is 4. The smallest absolute Gasteiger partial charge is 0.163 e. The van der Waals surface area contributed by atoms with Crippen LogP contribution in [-0.4, -0.2) is 21.1 Å². The van der Waals surface area contributed by atoms with Crippen LogP contribution in [0.3, 0.4) is 0 Å². The third kappa shape index (κ3) is 2.92. The Bertz CT molecular complexity index is 983.